The van der Waals surface area contributed by atoms with Crippen LogP contribution >= 0.6 is 34.5 Å². The highest BCUT2D eigenvalue weighted by atomic mass is 35.5. The number of hydrogen-bond acceptors (Lipinski definition) is 4. The van der Waals surface area contributed by atoms with E-state index in [9.17, 15) is 0 Å². The molecule has 0 aliphatic rings. The van der Waals surface area contributed by atoms with E-state index in [0.717, 1.165) is 10.6 Å². The van der Waals surface area contributed by atoms with Crippen LogP contribution in [0.1, 0.15) is 10.4 Å². The number of halogens is 2. The largest absolute Gasteiger partial charge is 0.380 e. The second kappa shape index (κ2) is 5.37. The van der Waals surface area contributed by atoms with Crippen LogP contribution in [0.4, 0.5) is 5.69 Å². The van der Waals surface area contributed by atoms with E-state index >= 15 is 0 Å². The van der Waals surface area contributed by atoms with Gasteiger partial charge in [-0.05, 0) is 18.2 Å². The Labute approximate surface area is 113 Å². The van der Waals surface area contributed by atoms with Crippen LogP contribution < -0.4 is 5.32 Å². The number of nitrogens with zero attached hydrogens (tertiary/aromatic N) is 2. The first kappa shape index (κ1) is 12.2. The molecule has 3 nitrogen and oxygen atoms in total. The number of hydrogen-bond donors (Lipinski definition) is 1. The van der Waals surface area contributed by atoms with Crippen molar-refractivity contribution in [2.45, 2.75) is 6.54 Å². The van der Waals surface area contributed by atoms with E-state index in [4.69, 9.17) is 28.5 Å². The number of rotatable bonds is 3. The molecule has 86 valence electrons. The van der Waals surface area contributed by atoms with E-state index in [1.807, 2.05) is 12.1 Å². The summed E-state index contributed by atoms with van der Waals surface area (Å²) < 4.78 is 0.527. The molecule has 0 atom stereocenters. The Morgan fingerprint density at radius 2 is 2.24 bits per heavy atom. The van der Waals surface area contributed by atoms with Gasteiger partial charge in [-0.25, -0.2) is 4.98 Å². The number of aromatic nitrogens is 1. The molecule has 1 aromatic carbocycles. The molecule has 6 heteroatoms. The molecular weight excluding hydrogens is 277 g/mol. The lowest BCUT2D eigenvalue weighted by atomic mass is 10.2. The molecule has 0 amide bonds. The Balaban J connectivity index is 2.05. The molecule has 2 rings (SSSR count). The maximum Gasteiger partial charge on any atom is 0.183 e. The lowest BCUT2D eigenvalue weighted by Gasteiger charge is -2.05. The zero-order valence-corrected chi connectivity index (χ0v) is 10.9. The van der Waals surface area contributed by atoms with E-state index < -0.39 is 0 Å². The van der Waals surface area contributed by atoms with Crippen LogP contribution in [0.2, 0.25) is 9.49 Å². The van der Waals surface area contributed by atoms with Gasteiger partial charge in [0.05, 0.1) is 17.1 Å². The molecule has 0 aliphatic carbocycles. The maximum atomic E-state index is 8.74. The molecular formula is C11H7Cl2N3S. The minimum absolute atomic E-state index is 0.444. The van der Waals surface area contributed by atoms with E-state index in [1.54, 1.807) is 18.3 Å². The second-order valence-electron chi connectivity index (χ2n) is 3.24. The first-order chi connectivity index (χ1) is 8.19. The zero-order chi connectivity index (χ0) is 12.3. The standard InChI is InChI=1S/C11H7Cl2N3S/c12-10-3-8(2-1-7(10)4-14)15-5-9-6-16-11(13)17-9/h1-3,6,15H,5H2. The van der Waals surface area contributed by atoms with Crippen LogP contribution in [0.5, 0.6) is 0 Å². The molecule has 0 aliphatic heterocycles. The average molecular weight is 284 g/mol. The second-order valence-corrected chi connectivity index (χ2v) is 5.34. The third-order valence-corrected chi connectivity index (χ3v) is 3.51. The van der Waals surface area contributed by atoms with Gasteiger partial charge in [-0.1, -0.05) is 23.2 Å². The monoisotopic (exact) mass is 283 g/mol. The molecule has 1 aromatic heterocycles. The number of nitrogens with one attached hydrogen (secondary N) is 1. The zero-order valence-electron chi connectivity index (χ0n) is 8.58. The van der Waals surface area contributed by atoms with Gasteiger partial charge >= 0.3 is 0 Å². The number of thiazole rings is 1. The summed E-state index contributed by atoms with van der Waals surface area (Å²) in [7, 11) is 0. The topological polar surface area (TPSA) is 48.7 Å². The predicted molar refractivity (Wildman–Crippen MR) is 70.6 cm³/mol. The lowest BCUT2D eigenvalue weighted by molar-refractivity contribution is 1.17. The van der Waals surface area contributed by atoms with Crippen molar-refractivity contribution < 1.29 is 0 Å². The van der Waals surface area contributed by atoms with Gasteiger partial charge < -0.3 is 5.32 Å². The van der Waals surface area contributed by atoms with Gasteiger partial charge in [-0.2, -0.15) is 5.26 Å². The Bertz CT molecular complexity index is 574. The molecule has 2 aromatic rings. The molecule has 0 bridgehead atoms. The molecule has 0 radical (unpaired) electrons. The van der Waals surface area contributed by atoms with Crippen LogP contribution in [0.25, 0.3) is 0 Å². The van der Waals surface area contributed by atoms with E-state index in [-0.39, 0.29) is 0 Å². The summed E-state index contributed by atoms with van der Waals surface area (Å²) in [5.74, 6) is 0. The van der Waals surface area contributed by atoms with Crippen molar-refractivity contribution in [1.82, 2.24) is 4.98 Å². The van der Waals surface area contributed by atoms with Gasteiger partial charge in [-0.15, -0.1) is 11.3 Å². The minimum Gasteiger partial charge on any atom is -0.380 e. The van der Waals surface area contributed by atoms with Crippen molar-refractivity contribution in [1.29, 1.82) is 5.26 Å². The van der Waals surface area contributed by atoms with E-state index in [1.165, 1.54) is 11.3 Å². The highest BCUT2D eigenvalue weighted by Gasteiger charge is 2.02. The Morgan fingerprint density at radius 3 is 2.82 bits per heavy atom. The normalized spacial score (nSPS) is 9.94. The summed E-state index contributed by atoms with van der Waals surface area (Å²) in [6.45, 7) is 0.632. The number of benzene rings is 1. The summed E-state index contributed by atoms with van der Waals surface area (Å²) in [6.07, 6.45) is 1.73. The fourth-order valence-electron chi connectivity index (χ4n) is 1.27. The van der Waals surface area contributed by atoms with Gasteiger partial charge in [0.25, 0.3) is 0 Å². The van der Waals surface area contributed by atoms with E-state index in [0.29, 0.717) is 21.6 Å². The number of nitriles is 1. The summed E-state index contributed by atoms with van der Waals surface area (Å²) in [5.41, 5.74) is 1.33. The summed E-state index contributed by atoms with van der Waals surface area (Å²) in [4.78, 5) is 4.99. The average Bonchev–Trinajstić information content (AvgIpc) is 2.73. The fourth-order valence-corrected chi connectivity index (χ4v) is 2.41. The smallest absolute Gasteiger partial charge is 0.183 e. The van der Waals surface area contributed by atoms with Crippen LogP contribution in [0.3, 0.4) is 0 Å². The molecule has 0 fully saturated rings. The molecule has 1 N–H and O–H groups in total. The minimum atomic E-state index is 0.444. The SMILES string of the molecule is N#Cc1ccc(NCc2cnc(Cl)s2)cc1Cl. The highest BCUT2D eigenvalue weighted by molar-refractivity contribution is 7.15. The third kappa shape index (κ3) is 3.10. The predicted octanol–water partition coefficient (Wildman–Crippen LogP) is 3.93. The summed E-state index contributed by atoms with van der Waals surface area (Å²) in [5, 5.41) is 12.4. The van der Waals surface area contributed by atoms with Crippen molar-refractivity contribution in [2.24, 2.45) is 0 Å². The maximum absolute atomic E-state index is 8.74. The Hall–Kier alpha value is -1.28. The molecule has 0 saturated heterocycles. The third-order valence-electron chi connectivity index (χ3n) is 2.08. The molecule has 0 unspecified atom stereocenters. The Kier molecular flexibility index (Phi) is 3.85. The highest BCUT2D eigenvalue weighted by Crippen LogP contribution is 2.22. The van der Waals surface area contributed by atoms with Crippen LogP contribution in [0, 0.1) is 11.3 Å². The van der Waals surface area contributed by atoms with E-state index in [2.05, 4.69) is 10.3 Å². The van der Waals surface area contributed by atoms with Crippen molar-refractivity contribution in [2.75, 3.05) is 5.32 Å². The first-order valence-corrected chi connectivity index (χ1v) is 6.30. The van der Waals surface area contributed by atoms with Gasteiger partial charge in [0, 0.05) is 16.8 Å². The van der Waals surface area contributed by atoms with Crippen LogP contribution in [0.15, 0.2) is 24.4 Å². The van der Waals surface area contributed by atoms with Crippen molar-refractivity contribution in [3.05, 3.63) is 44.3 Å². The lowest BCUT2D eigenvalue weighted by Crippen LogP contribution is -1.97. The molecule has 17 heavy (non-hydrogen) atoms. The van der Waals surface area contributed by atoms with Gasteiger partial charge in [0.2, 0.25) is 0 Å². The van der Waals surface area contributed by atoms with Crippen molar-refractivity contribution in [3.8, 4) is 6.07 Å². The van der Waals surface area contributed by atoms with Crippen LogP contribution in [-0.4, -0.2) is 4.98 Å². The van der Waals surface area contributed by atoms with Gasteiger partial charge in [0.15, 0.2) is 4.47 Å². The van der Waals surface area contributed by atoms with Crippen molar-refractivity contribution in [3.63, 3.8) is 0 Å². The first-order valence-electron chi connectivity index (χ1n) is 4.73. The fraction of sp³-hybridized carbons (Fsp3) is 0.0909. The number of anilines is 1. The van der Waals surface area contributed by atoms with Gasteiger partial charge in [0.1, 0.15) is 6.07 Å². The van der Waals surface area contributed by atoms with Crippen molar-refractivity contribution >= 4 is 40.2 Å². The van der Waals surface area contributed by atoms with Crippen LogP contribution in [-0.2, 0) is 6.54 Å². The molecule has 0 saturated carbocycles. The Morgan fingerprint density at radius 1 is 1.41 bits per heavy atom. The quantitative estimate of drug-likeness (QED) is 0.928. The molecule has 1 heterocycles. The molecule has 0 spiro atoms. The summed E-state index contributed by atoms with van der Waals surface area (Å²) >= 11 is 13.1. The summed E-state index contributed by atoms with van der Waals surface area (Å²) in [6, 6.07) is 7.24. The van der Waals surface area contributed by atoms with Gasteiger partial charge in [-0.3, -0.25) is 0 Å².